The summed E-state index contributed by atoms with van der Waals surface area (Å²) >= 11 is 9.89. The van der Waals surface area contributed by atoms with Gasteiger partial charge in [-0.1, -0.05) is 0 Å². The van der Waals surface area contributed by atoms with E-state index in [1.807, 2.05) is 0 Å². The molecule has 5 heteroatoms. The maximum Gasteiger partial charge on any atom is 0.255 e. The molecular formula is C7H9Cl2FO2. The van der Waals surface area contributed by atoms with Crippen molar-refractivity contribution >= 4 is 33.7 Å². The van der Waals surface area contributed by atoms with E-state index in [2.05, 4.69) is 0 Å². The van der Waals surface area contributed by atoms with Crippen molar-refractivity contribution in [1.29, 1.82) is 0 Å². The van der Waals surface area contributed by atoms with Crippen LogP contribution in [0.1, 0.15) is 25.7 Å². The summed E-state index contributed by atoms with van der Waals surface area (Å²) in [7, 11) is 0. The zero-order valence-corrected chi connectivity index (χ0v) is 7.87. The third-order valence-corrected chi connectivity index (χ3v) is 1.75. The highest BCUT2D eigenvalue weighted by Gasteiger charge is 2.13. The predicted molar refractivity (Wildman–Crippen MR) is 45.1 cm³/mol. The Labute approximate surface area is 80.0 Å². The molecule has 0 rings (SSSR count). The number of carbonyl (C=O) groups is 2. The largest absolute Gasteiger partial charge is 0.281 e. The lowest BCUT2D eigenvalue weighted by molar-refractivity contribution is -0.116. The number of hydrogen-bond acceptors (Lipinski definition) is 2. The minimum absolute atomic E-state index is 0.0620. The van der Waals surface area contributed by atoms with Crippen LogP contribution in [0.4, 0.5) is 4.39 Å². The van der Waals surface area contributed by atoms with Crippen molar-refractivity contribution in [3.8, 4) is 0 Å². The van der Waals surface area contributed by atoms with Crippen LogP contribution in [0.5, 0.6) is 0 Å². The van der Waals surface area contributed by atoms with Crippen LogP contribution in [-0.2, 0) is 9.59 Å². The maximum atomic E-state index is 12.5. The Kier molecular flexibility index (Phi) is 6.30. The first-order chi connectivity index (χ1) is 5.54. The molecule has 0 amide bonds. The Morgan fingerprint density at radius 3 is 2.25 bits per heavy atom. The highest BCUT2D eigenvalue weighted by atomic mass is 35.5. The van der Waals surface area contributed by atoms with Crippen LogP contribution in [0.2, 0.25) is 0 Å². The number of halogens is 3. The van der Waals surface area contributed by atoms with Gasteiger partial charge in [0.25, 0.3) is 5.24 Å². The summed E-state index contributed by atoms with van der Waals surface area (Å²) in [6, 6.07) is 0. The van der Waals surface area contributed by atoms with Crippen LogP contribution in [-0.4, -0.2) is 16.7 Å². The van der Waals surface area contributed by atoms with Crippen molar-refractivity contribution < 1.29 is 14.0 Å². The molecule has 0 heterocycles. The van der Waals surface area contributed by atoms with E-state index < -0.39 is 16.7 Å². The molecule has 0 spiro atoms. The van der Waals surface area contributed by atoms with Gasteiger partial charge in [0.05, 0.1) is 0 Å². The van der Waals surface area contributed by atoms with Crippen molar-refractivity contribution in [1.82, 2.24) is 0 Å². The highest BCUT2D eigenvalue weighted by Crippen LogP contribution is 2.10. The number of rotatable bonds is 6. The minimum Gasteiger partial charge on any atom is -0.281 e. The van der Waals surface area contributed by atoms with Gasteiger partial charge in [-0.2, -0.15) is 0 Å². The molecule has 2 nitrogen and oxygen atoms in total. The summed E-state index contributed by atoms with van der Waals surface area (Å²) in [5.41, 5.74) is 0. The fourth-order valence-corrected chi connectivity index (χ4v) is 0.944. The predicted octanol–water partition coefficient (Wildman–Crippen LogP) is 2.42. The van der Waals surface area contributed by atoms with E-state index in [4.69, 9.17) is 23.2 Å². The zero-order valence-electron chi connectivity index (χ0n) is 6.36. The molecule has 70 valence electrons. The lowest BCUT2D eigenvalue weighted by Gasteiger charge is -2.00. The summed E-state index contributed by atoms with van der Waals surface area (Å²) in [5.74, 6) is 0. The van der Waals surface area contributed by atoms with Gasteiger partial charge in [0.1, 0.15) is 0 Å². The second kappa shape index (κ2) is 6.38. The molecule has 0 N–H and O–H groups in total. The van der Waals surface area contributed by atoms with Gasteiger partial charge in [0, 0.05) is 6.42 Å². The van der Waals surface area contributed by atoms with Gasteiger partial charge in [-0.05, 0) is 42.5 Å². The van der Waals surface area contributed by atoms with Crippen molar-refractivity contribution in [2.45, 2.75) is 31.9 Å². The molecule has 0 aromatic rings. The first-order valence-electron chi connectivity index (χ1n) is 3.55. The molecule has 0 bridgehead atoms. The van der Waals surface area contributed by atoms with Crippen molar-refractivity contribution in [3.63, 3.8) is 0 Å². The average Bonchev–Trinajstić information content (AvgIpc) is 1.97. The standard InChI is InChI=1S/C7H9Cl2FO2/c8-6(11)4-2-1-3-5(10)7(9)12/h5H,1-4H2. The molecule has 0 aliphatic carbocycles. The van der Waals surface area contributed by atoms with E-state index in [1.165, 1.54) is 0 Å². The van der Waals surface area contributed by atoms with Gasteiger partial charge in [0.15, 0.2) is 6.17 Å². The molecule has 0 aliphatic heterocycles. The molecule has 0 aromatic carbocycles. The van der Waals surface area contributed by atoms with Crippen LogP contribution >= 0.6 is 23.2 Å². The first kappa shape index (κ1) is 11.8. The van der Waals surface area contributed by atoms with E-state index >= 15 is 0 Å². The van der Waals surface area contributed by atoms with Crippen molar-refractivity contribution in [2.75, 3.05) is 0 Å². The molecule has 0 saturated carbocycles. The summed E-state index contributed by atoms with van der Waals surface area (Å²) < 4.78 is 12.5. The second-order valence-corrected chi connectivity index (χ2v) is 3.17. The number of carbonyl (C=O) groups excluding carboxylic acids is 2. The molecule has 1 atom stereocenters. The van der Waals surface area contributed by atoms with Gasteiger partial charge >= 0.3 is 0 Å². The molecule has 0 saturated heterocycles. The van der Waals surface area contributed by atoms with Gasteiger partial charge in [-0.25, -0.2) is 4.39 Å². The van der Waals surface area contributed by atoms with E-state index in [-0.39, 0.29) is 12.8 Å². The smallest absolute Gasteiger partial charge is 0.255 e. The van der Waals surface area contributed by atoms with Crippen LogP contribution < -0.4 is 0 Å². The fourth-order valence-electron chi connectivity index (χ4n) is 0.701. The van der Waals surface area contributed by atoms with Crippen molar-refractivity contribution in [3.05, 3.63) is 0 Å². The Morgan fingerprint density at radius 2 is 1.83 bits per heavy atom. The van der Waals surface area contributed by atoms with Gasteiger partial charge in [0.2, 0.25) is 5.24 Å². The van der Waals surface area contributed by atoms with Gasteiger partial charge in [-0.3, -0.25) is 9.59 Å². The van der Waals surface area contributed by atoms with E-state index in [9.17, 15) is 14.0 Å². The monoisotopic (exact) mass is 214 g/mol. The summed E-state index contributed by atoms with van der Waals surface area (Å²) in [6.45, 7) is 0. The molecule has 0 radical (unpaired) electrons. The SMILES string of the molecule is O=C(Cl)CCCCC(F)C(=O)Cl. The lowest BCUT2D eigenvalue weighted by atomic mass is 10.1. The average molecular weight is 215 g/mol. The minimum atomic E-state index is -1.61. The van der Waals surface area contributed by atoms with E-state index in [0.717, 1.165) is 0 Å². The molecule has 12 heavy (non-hydrogen) atoms. The summed E-state index contributed by atoms with van der Waals surface area (Å²) in [5, 5.41) is -1.42. The summed E-state index contributed by atoms with van der Waals surface area (Å²) in [4.78, 5) is 20.4. The second-order valence-electron chi connectivity index (χ2n) is 2.37. The third kappa shape index (κ3) is 6.55. The Morgan fingerprint density at radius 1 is 1.25 bits per heavy atom. The van der Waals surface area contributed by atoms with Crippen LogP contribution in [0.3, 0.4) is 0 Å². The van der Waals surface area contributed by atoms with Crippen LogP contribution in [0, 0.1) is 0 Å². The Bertz CT molecular complexity index is 173. The molecule has 0 fully saturated rings. The normalized spacial score (nSPS) is 12.6. The molecule has 1 unspecified atom stereocenters. The number of hydrogen-bond donors (Lipinski definition) is 0. The first-order valence-corrected chi connectivity index (χ1v) is 4.31. The zero-order chi connectivity index (χ0) is 9.56. The highest BCUT2D eigenvalue weighted by molar-refractivity contribution is 6.64. The van der Waals surface area contributed by atoms with Crippen LogP contribution in [0.15, 0.2) is 0 Å². The Hall–Kier alpha value is -0.150. The lowest BCUT2D eigenvalue weighted by Crippen LogP contribution is -2.08. The molecular weight excluding hydrogens is 206 g/mol. The molecule has 0 aliphatic rings. The molecule has 0 aromatic heterocycles. The number of unbranched alkanes of at least 4 members (excludes halogenated alkanes) is 1. The Balaban J connectivity index is 3.31. The quantitative estimate of drug-likeness (QED) is 0.503. The van der Waals surface area contributed by atoms with Gasteiger partial charge in [-0.15, -0.1) is 0 Å². The van der Waals surface area contributed by atoms with Crippen molar-refractivity contribution in [2.24, 2.45) is 0 Å². The maximum absolute atomic E-state index is 12.5. The van der Waals surface area contributed by atoms with Crippen LogP contribution in [0.25, 0.3) is 0 Å². The van der Waals surface area contributed by atoms with E-state index in [0.29, 0.717) is 12.8 Å². The summed E-state index contributed by atoms with van der Waals surface area (Å²) in [6.07, 6.45) is -0.403. The number of alkyl halides is 1. The van der Waals surface area contributed by atoms with Gasteiger partial charge < -0.3 is 0 Å². The van der Waals surface area contributed by atoms with E-state index in [1.54, 1.807) is 0 Å². The third-order valence-electron chi connectivity index (χ3n) is 1.33. The fraction of sp³-hybridized carbons (Fsp3) is 0.714. The topological polar surface area (TPSA) is 34.1 Å².